The van der Waals surface area contributed by atoms with Crippen LogP contribution >= 0.6 is 0 Å². The van der Waals surface area contributed by atoms with E-state index in [-0.39, 0.29) is 30.6 Å². The predicted octanol–water partition coefficient (Wildman–Crippen LogP) is 4.56. The molecule has 0 heterocycles. The monoisotopic (exact) mass is 607 g/mol. The number of rotatable bonds is 13. The third-order valence-electron chi connectivity index (χ3n) is 7.75. The van der Waals surface area contributed by atoms with Crippen LogP contribution in [0, 0.1) is 0 Å². The number of hydrogen-bond donors (Lipinski definition) is 1. The maximum absolute atomic E-state index is 14.3. The van der Waals surface area contributed by atoms with Gasteiger partial charge >= 0.3 is 0 Å². The molecule has 0 aromatic heterocycles. The Morgan fingerprint density at radius 2 is 1.47 bits per heavy atom. The molecule has 43 heavy (non-hydrogen) atoms. The SMILES string of the molecule is COc1ccc(N(CC(=O)N(Cc2ccccc2)C(Cc2ccccc2)C(=O)NC2CCCCC2)S(C)(=O)=O)cc1OC. The van der Waals surface area contributed by atoms with Gasteiger partial charge in [0.25, 0.3) is 0 Å². The number of nitrogens with zero attached hydrogens (tertiary/aromatic N) is 2. The molecule has 1 fully saturated rings. The largest absolute Gasteiger partial charge is 0.493 e. The first-order chi connectivity index (χ1) is 20.7. The van der Waals surface area contributed by atoms with Crippen molar-refractivity contribution in [2.75, 3.05) is 31.3 Å². The van der Waals surface area contributed by atoms with E-state index in [4.69, 9.17) is 9.47 Å². The summed E-state index contributed by atoms with van der Waals surface area (Å²) in [6.45, 7) is -0.359. The van der Waals surface area contributed by atoms with E-state index < -0.39 is 28.5 Å². The van der Waals surface area contributed by atoms with Crippen LogP contribution in [0.5, 0.6) is 11.5 Å². The Morgan fingerprint density at radius 3 is 2.05 bits per heavy atom. The van der Waals surface area contributed by atoms with E-state index in [0.29, 0.717) is 11.5 Å². The summed E-state index contributed by atoms with van der Waals surface area (Å²) >= 11 is 0. The number of carbonyl (C=O) groups excluding carboxylic acids is 2. The molecule has 0 radical (unpaired) electrons. The van der Waals surface area contributed by atoms with Crippen LogP contribution in [0.15, 0.2) is 78.9 Å². The minimum atomic E-state index is -3.90. The van der Waals surface area contributed by atoms with Crippen molar-refractivity contribution in [1.29, 1.82) is 0 Å². The van der Waals surface area contributed by atoms with Gasteiger partial charge in [0, 0.05) is 25.1 Å². The van der Waals surface area contributed by atoms with E-state index in [1.807, 2.05) is 60.7 Å². The number of ether oxygens (including phenoxy) is 2. The van der Waals surface area contributed by atoms with E-state index in [1.54, 1.807) is 12.1 Å². The molecule has 1 aliphatic rings. The van der Waals surface area contributed by atoms with Crippen LogP contribution in [0.3, 0.4) is 0 Å². The van der Waals surface area contributed by atoms with Gasteiger partial charge in [-0.3, -0.25) is 13.9 Å². The highest BCUT2D eigenvalue weighted by molar-refractivity contribution is 7.92. The summed E-state index contributed by atoms with van der Waals surface area (Å²) in [6.07, 6.45) is 6.39. The third kappa shape index (κ3) is 8.73. The zero-order valence-electron chi connectivity index (χ0n) is 25.1. The quantitative estimate of drug-likeness (QED) is 0.306. The fraction of sp³-hybridized carbons (Fsp3) is 0.394. The molecule has 3 aromatic rings. The number of carbonyl (C=O) groups is 2. The van der Waals surface area contributed by atoms with Crippen molar-refractivity contribution in [1.82, 2.24) is 10.2 Å². The van der Waals surface area contributed by atoms with Crippen molar-refractivity contribution in [2.45, 2.75) is 57.2 Å². The normalized spacial score (nSPS) is 14.4. The van der Waals surface area contributed by atoms with Gasteiger partial charge in [-0.1, -0.05) is 79.9 Å². The van der Waals surface area contributed by atoms with Gasteiger partial charge in [-0.05, 0) is 36.1 Å². The lowest BCUT2D eigenvalue weighted by atomic mass is 9.94. The van der Waals surface area contributed by atoms with Gasteiger partial charge in [0.1, 0.15) is 12.6 Å². The zero-order valence-corrected chi connectivity index (χ0v) is 25.9. The van der Waals surface area contributed by atoms with Gasteiger partial charge in [-0.2, -0.15) is 0 Å². The average Bonchev–Trinajstić information content (AvgIpc) is 3.02. The fourth-order valence-electron chi connectivity index (χ4n) is 5.47. The van der Waals surface area contributed by atoms with Crippen molar-refractivity contribution in [3.8, 4) is 11.5 Å². The molecule has 1 N–H and O–H groups in total. The third-order valence-corrected chi connectivity index (χ3v) is 8.89. The molecule has 2 amide bonds. The minimum absolute atomic E-state index is 0.0486. The lowest BCUT2D eigenvalue weighted by Crippen LogP contribution is -2.55. The van der Waals surface area contributed by atoms with E-state index in [9.17, 15) is 18.0 Å². The molecule has 3 aromatic carbocycles. The second-order valence-corrected chi connectivity index (χ2v) is 12.8. The first-order valence-electron chi connectivity index (χ1n) is 14.6. The first kappa shape index (κ1) is 31.9. The smallest absolute Gasteiger partial charge is 0.244 e. The number of methoxy groups -OCH3 is 2. The summed E-state index contributed by atoms with van der Waals surface area (Å²) in [7, 11) is -0.958. The van der Waals surface area contributed by atoms with Crippen molar-refractivity contribution in [2.24, 2.45) is 0 Å². The Labute approximate surface area is 254 Å². The highest BCUT2D eigenvalue weighted by atomic mass is 32.2. The lowest BCUT2D eigenvalue weighted by molar-refractivity contribution is -0.140. The molecule has 0 saturated heterocycles. The topological polar surface area (TPSA) is 105 Å². The Kier molecular flexibility index (Phi) is 11.1. The number of nitrogens with one attached hydrogen (secondary N) is 1. The molecule has 9 nitrogen and oxygen atoms in total. The summed E-state index contributed by atoms with van der Waals surface area (Å²) in [4.78, 5) is 29.8. The van der Waals surface area contributed by atoms with E-state index in [1.165, 1.54) is 25.2 Å². The highest BCUT2D eigenvalue weighted by Gasteiger charge is 2.34. The highest BCUT2D eigenvalue weighted by Crippen LogP contribution is 2.32. The van der Waals surface area contributed by atoms with Gasteiger partial charge in [-0.15, -0.1) is 0 Å². The summed E-state index contributed by atoms with van der Waals surface area (Å²) in [5.74, 6) is 0.0240. The zero-order chi connectivity index (χ0) is 30.8. The average molecular weight is 608 g/mol. The molecule has 1 aliphatic carbocycles. The maximum atomic E-state index is 14.3. The lowest BCUT2D eigenvalue weighted by Gasteiger charge is -2.35. The van der Waals surface area contributed by atoms with E-state index in [2.05, 4.69) is 5.32 Å². The number of anilines is 1. The summed E-state index contributed by atoms with van der Waals surface area (Å²) in [5, 5.41) is 3.21. The molecular weight excluding hydrogens is 566 g/mol. The summed E-state index contributed by atoms with van der Waals surface area (Å²) in [5.41, 5.74) is 1.98. The molecule has 1 saturated carbocycles. The van der Waals surface area contributed by atoms with Crippen LogP contribution < -0.4 is 19.1 Å². The van der Waals surface area contributed by atoms with Crippen molar-refractivity contribution in [3.05, 3.63) is 90.0 Å². The number of benzene rings is 3. The summed E-state index contributed by atoms with van der Waals surface area (Å²) < 4.78 is 37.9. The molecule has 0 bridgehead atoms. The molecule has 0 aliphatic heterocycles. The van der Waals surface area contributed by atoms with Gasteiger partial charge in [0.05, 0.1) is 26.2 Å². The standard InChI is InChI=1S/C33H41N3O6S/c1-41-30-20-19-28(22-31(30)42-2)36(43(3,39)40)24-32(37)35(23-26-15-9-5-10-16-26)29(21-25-13-7-4-8-14-25)33(38)34-27-17-11-6-12-18-27/h4-5,7-10,13-16,19-20,22,27,29H,6,11-12,17-18,21,23-24H2,1-3H3,(H,34,38). The Morgan fingerprint density at radius 1 is 0.860 bits per heavy atom. The molecule has 1 unspecified atom stereocenters. The van der Waals surface area contributed by atoms with Crippen LogP contribution in [0.25, 0.3) is 0 Å². The van der Waals surface area contributed by atoms with Crippen LogP contribution in [0.4, 0.5) is 5.69 Å². The van der Waals surface area contributed by atoms with Gasteiger partial charge in [-0.25, -0.2) is 8.42 Å². The molecule has 1 atom stereocenters. The van der Waals surface area contributed by atoms with Gasteiger partial charge in [0.2, 0.25) is 21.8 Å². The van der Waals surface area contributed by atoms with Crippen LogP contribution in [0.2, 0.25) is 0 Å². The van der Waals surface area contributed by atoms with E-state index >= 15 is 0 Å². The number of amides is 2. The van der Waals surface area contributed by atoms with E-state index in [0.717, 1.165) is 53.8 Å². The molecule has 10 heteroatoms. The maximum Gasteiger partial charge on any atom is 0.244 e. The second-order valence-electron chi connectivity index (χ2n) is 10.9. The van der Waals surface area contributed by atoms with Crippen LogP contribution in [-0.2, 0) is 32.6 Å². The molecule has 230 valence electrons. The van der Waals surface area contributed by atoms with Crippen LogP contribution in [-0.4, -0.2) is 64.2 Å². The second kappa shape index (κ2) is 14.9. The van der Waals surface area contributed by atoms with Crippen molar-refractivity contribution >= 4 is 27.5 Å². The predicted molar refractivity (Wildman–Crippen MR) is 168 cm³/mol. The first-order valence-corrected chi connectivity index (χ1v) is 16.4. The Bertz CT molecular complexity index is 1460. The fourth-order valence-corrected chi connectivity index (χ4v) is 6.31. The Hall–Kier alpha value is -4.05. The van der Waals surface area contributed by atoms with Crippen molar-refractivity contribution in [3.63, 3.8) is 0 Å². The minimum Gasteiger partial charge on any atom is -0.493 e. The van der Waals surface area contributed by atoms with Crippen molar-refractivity contribution < 1.29 is 27.5 Å². The molecule has 0 spiro atoms. The number of sulfonamides is 1. The number of hydrogen-bond acceptors (Lipinski definition) is 6. The van der Waals surface area contributed by atoms with Crippen LogP contribution in [0.1, 0.15) is 43.2 Å². The van der Waals surface area contributed by atoms with Gasteiger partial charge < -0.3 is 19.7 Å². The van der Waals surface area contributed by atoms with Gasteiger partial charge in [0.15, 0.2) is 11.5 Å². The molecule has 4 rings (SSSR count). The Balaban J connectivity index is 1.72. The summed E-state index contributed by atoms with van der Waals surface area (Å²) in [6, 6.07) is 22.8. The molecular formula is C33H41N3O6S.